The van der Waals surface area contributed by atoms with Crippen molar-refractivity contribution in [3.05, 3.63) is 186 Å². The fourth-order valence-electron chi connectivity index (χ4n) is 4.78. The third-order valence-corrected chi connectivity index (χ3v) is 7.94. The molecule has 0 amide bonds. The number of aryl methyl sites for hydroxylation is 6. The Morgan fingerprint density at radius 3 is 1.10 bits per heavy atom. The summed E-state index contributed by atoms with van der Waals surface area (Å²) in [7, 11) is 0. The number of hydrogen-bond donors (Lipinski definition) is 0. The van der Waals surface area contributed by atoms with Crippen LogP contribution >= 0.6 is 0 Å². The van der Waals surface area contributed by atoms with Gasteiger partial charge in [0.1, 0.15) is 0 Å². The van der Waals surface area contributed by atoms with Crippen LogP contribution < -0.4 is 0 Å². The van der Waals surface area contributed by atoms with Crippen LogP contribution in [0.25, 0.3) is 0 Å². The van der Waals surface area contributed by atoms with Gasteiger partial charge in [0.25, 0.3) is 0 Å². The van der Waals surface area contributed by atoms with Gasteiger partial charge in [-0.05, 0) is 102 Å². The first-order chi connectivity index (χ1) is 28.9. The number of benzene rings is 3. The van der Waals surface area contributed by atoms with Crippen LogP contribution in [0.1, 0.15) is 151 Å². The molecule has 6 heteroatoms. The van der Waals surface area contributed by atoms with Gasteiger partial charge in [-0.15, -0.1) is 0 Å². The van der Waals surface area contributed by atoms with Gasteiger partial charge in [-0.2, -0.15) is 0 Å². The van der Waals surface area contributed by atoms with E-state index in [1.807, 2.05) is 75.5 Å². The van der Waals surface area contributed by atoms with E-state index in [4.69, 9.17) is 0 Å². The van der Waals surface area contributed by atoms with Crippen LogP contribution in [0.3, 0.4) is 0 Å². The summed E-state index contributed by atoms with van der Waals surface area (Å²) in [5, 5.41) is 0. The SMILES string of the molecule is C.C.C.C.CC.CCC.CCCN1CCCC1.CCc1ccccc1.CCc1ccccc1.CCc1ccccn1.CCc1cnccn1.Cc1ccccc1.Cc1cnccn1. The lowest BCUT2D eigenvalue weighted by Crippen LogP contribution is -2.19. The van der Waals surface area contributed by atoms with Gasteiger partial charge in [0, 0.05) is 49.1 Å². The third kappa shape index (κ3) is 46.3. The highest BCUT2D eigenvalue weighted by Crippen LogP contribution is 2.06. The van der Waals surface area contributed by atoms with Crippen LogP contribution in [-0.2, 0) is 25.7 Å². The fraction of sp³-hybridized carbons (Fsp3) is 0.456. The molecule has 0 atom stereocenters. The Labute approximate surface area is 391 Å². The van der Waals surface area contributed by atoms with Gasteiger partial charge < -0.3 is 4.90 Å². The van der Waals surface area contributed by atoms with Crippen molar-refractivity contribution in [1.29, 1.82) is 0 Å². The van der Waals surface area contributed by atoms with Gasteiger partial charge in [-0.1, -0.05) is 201 Å². The van der Waals surface area contributed by atoms with Crippen molar-refractivity contribution in [3.63, 3.8) is 0 Å². The first-order valence-electron chi connectivity index (χ1n) is 22.1. The number of hydrogen-bond acceptors (Lipinski definition) is 6. The summed E-state index contributed by atoms with van der Waals surface area (Å²) in [6, 6.07) is 37.1. The van der Waals surface area contributed by atoms with Gasteiger partial charge in [0.15, 0.2) is 0 Å². The molecular weight excluding hydrogens is 769 g/mol. The van der Waals surface area contributed by atoms with E-state index in [9.17, 15) is 0 Å². The minimum absolute atomic E-state index is 0. The molecule has 0 N–H and O–H groups in total. The Morgan fingerprint density at radius 2 is 0.857 bits per heavy atom. The number of nitrogens with zero attached hydrogens (tertiary/aromatic N) is 6. The predicted octanol–water partition coefficient (Wildman–Crippen LogP) is 16.4. The van der Waals surface area contributed by atoms with E-state index in [0.29, 0.717) is 0 Å². The van der Waals surface area contributed by atoms with E-state index < -0.39 is 0 Å². The van der Waals surface area contributed by atoms with Crippen LogP contribution in [-0.4, -0.2) is 49.5 Å². The van der Waals surface area contributed by atoms with Crippen molar-refractivity contribution in [2.75, 3.05) is 19.6 Å². The Hall–Kier alpha value is -5.07. The van der Waals surface area contributed by atoms with Crippen molar-refractivity contribution in [2.24, 2.45) is 0 Å². The average Bonchev–Trinajstić information content (AvgIpc) is 3.84. The topological polar surface area (TPSA) is 67.7 Å². The monoisotopic (exact) mass is 865 g/mol. The Kier molecular flexibility index (Phi) is 60.7. The molecule has 4 heterocycles. The zero-order valence-corrected chi connectivity index (χ0v) is 38.9. The molecule has 0 radical (unpaired) electrons. The van der Waals surface area contributed by atoms with Gasteiger partial charge >= 0.3 is 0 Å². The van der Waals surface area contributed by atoms with Gasteiger partial charge in [0.2, 0.25) is 0 Å². The van der Waals surface area contributed by atoms with E-state index in [1.54, 1.807) is 37.2 Å². The van der Waals surface area contributed by atoms with E-state index in [0.717, 1.165) is 42.8 Å². The lowest BCUT2D eigenvalue weighted by atomic mass is 10.2. The van der Waals surface area contributed by atoms with Crippen molar-refractivity contribution in [1.82, 2.24) is 29.8 Å². The van der Waals surface area contributed by atoms with Crippen LogP contribution in [0.5, 0.6) is 0 Å². The molecule has 0 unspecified atom stereocenters. The highest BCUT2D eigenvalue weighted by Gasteiger charge is 2.08. The largest absolute Gasteiger partial charge is 0.303 e. The molecule has 1 aliphatic rings. The third-order valence-electron chi connectivity index (χ3n) is 7.94. The summed E-state index contributed by atoms with van der Waals surface area (Å²) in [6.45, 7) is 27.0. The van der Waals surface area contributed by atoms with Gasteiger partial charge in [-0.3, -0.25) is 24.9 Å². The molecule has 0 spiro atoms. The molecule has 63 heavy (non-hydrogen) atoms. The average molecular weight is 865 g/mol. The zero-order valence-electron chi connectivity index (χ0n) is 38.9. The zero-order chi connectivity index (χ0) is 44.0. The summed E-state index contributed by atoms with van der Waals surface area (Å²) < 4.78 is 0. The Balaban J connectivity index is -0.000000146. The van der Waals surface area contributed by atoms with Crippen molar-refractivity contribution in [2.45, 2.75) is 157 Å². The number of aromatic nitrogens is 5. The highest BCUT2D eigenvalue weighted by molar-refractivity contribution is 5.15. The summed E-state index contributed by atoms with van der Waals surface area (Å²) in [5.41, 5.74) is 7.31. The fourth-order valence-corrected chi connectivity index (χ4v) is 4.78. The maximum Gasteiger partial charge on any atom is 0.0583 e. The van der Waals surface area contributed by atoms with E-state index >= 15 is 0 Å². The molecule has 6 nitrogen and oxygen atoms in total. The van der Waals surface area contributed by atoms with Gasteiger partial charge in [0.05, 0.1) is 11.4 Å². The first-order valence-corrected chi connectivity index (χ1v) is 22.1. The molecule has 1 aliphatic heterocycles. The first kappa shape index (κ1) is 69.6. The summed E-state index contributed by atoms with van der Waals surface area (Å²) >= 11 is 0. The van der Waals surface area contributed by atoms with Crippen molar-refractivity contribution in [3.8, 4) is 0 Å². The molecule has 6 aromatic rings. The standard InChI is InChI=1S/2C8H10.C7H9N.C7H15N.C7H8.C6H8N2.C5H6N2.C3H8.C2H6.4CH4/c2*1-2-8-6-4-3-5-7-8;1-2-7-5-3-4-6-8-7;1-2-5-8-6-3-4-7-8;1-7-5-3-2-4-6-7;1-2-6-5-7-3-4-8-6;1-5-4-6-2-3-7-5;1-3-2;1-2;;;;/h2*3-7H,2H2,1H3;3-6H,2H2,1H3;2-7H2,1H3;2-6H,1H3;3-5H,2H2,1H3;2-4H,1H3;3H2,1-2H3;1-2H3;4*1H4. The normalized spacial score (nSPS) is 9.76. The Morgan fingerprint density at radius 1 is 0.444 bits per heavy atom. The lowest BCUT2D eigenvalue weighted by molar-refractivity contribution is 0.339. The van der Waals surface area contributed by atoms with Crippen LogP contribution in [0, 0.1) is 13.8 Å². The van der Waals surface area contributed by atoms with Crippen LogP contribution in [0.15, 0.2) is 153 Å². The summed E-state index contributed by atoms with van der Waals surface area (Å²) in [5.74, 6) is 0. The minimum atomic E-state index is 0. The number of likely N-dealkylation sites (tertiary alicyclic amines) is 1. The molecule has 1 fully saturated rings. The molecule has 1 saturated heterocycles. The lowest BCUT2D eigenvalue weighted by Gasteiger charge is -2.11. The smallest absolute Gasteiger partial charge is 0.0583 e. The molecular formula is C57H96N6. The molecule has 354 valence electrons. The van der Waals surface area contributed by atoms with Crippen molar-refractivity contribution < 1.29 is 0 Å². The second-order valence-corrected chi connectivity index (χ2v) is 13.2. The predicted molar refractivity (Wildman–Crippen MR) is 285 cm³/mol. The van der Waals surface area contributed by atoms with E-state index in [-0.39, 0.29) is 29.7 Å². The van der Waals surface area contributed by atoms with Crippen LogP contribution in [0.4, 0.5) is 0 Å². The summed E-state index contributed by atoms with van der Waals surface area (Å²) in [6.07, 6.45) is 21.7. The Bertz CT molecular complexity index is 1420. The summed E-state index contributed by atoms with van der Waals surface area (Å²) in [4.78, 5) is 22.3. The molecule has 3 aromatic carbocycles. The maximum absolute atomic E-state index is 4.10. The van der Waals surface area contributed by atoms with Gasteiger partial charge in [-0.25, -0.2) is 0 Å². The highest BCUT2D eigenvalue weighted by atomic mass is 15.1. The second-order valence-electron chi connectivity index (χ2n) is 13.2. The maximum atomic E-state index is 4.10. The molecule has 0 bridgehead atoms. The number of rotatable bonds is 6. The molecule has 7 rings (SSSR count). The van der Waals surface area contributed by atoms with Crippen LogP contribution in [0.2, 0.25) is 0 Å². The molecule has 0 saturated carbocycles. The molecule has 0 aliphatic carbocycles. The van der Waals surface area contributed by atoms with E-state index in [2.05, 4.69) is 146 Å². The quantitative estimate of drug-likeness (QED) is 0.166. The number of pyridine rings is 1. The van der Waals surface area contributed by atoms with E-state index in [1.165, 1.54) is 62.0 Å². The van der Waals surface area contributed by atoms with Crippen molar-refractivity contribution >= 4 is 0 Å². The second kappa shape index (κ2) is 54.9. The molecule has 3 aromatic heterocycles. The minimum Gasteiger partial charge on any atom is -0.303 e.